The van der Waals surface area contributed by atoms with Crippen LogP contribution in [0.3, 0.4) is 0 Å². The van der Waals surface area contributed by atoms with Crippen molar-refractivity contribution in [1.82, 2.24) is 10.3 Å². The molecule has 0 saturated carbocycles. The molecule has 12 nitrogen and oxygen atoms in total. The monoisotopic (exact) mass is 485 g/mol. The summed E-state index contributed by atoms with van der Waals surface area (Å²) in [5.41, 5.74) is 5.21. The smallest absolute Gasteiger partial charge is 0.335 e. The van der Waals surface area contributed by atoms with Gasteiger partial charge >= 0.3 is 5.97 Å². The number of benzene rings is 1. The van der Waals surface area contributed by atoms with Crippen molar-refractivity contribution in [2.24, 2.45) is 7.05 Å². The van der Waals surface area contributed by atoms with E-state index in [0.29, 0.717) is 0 Å². The third-order valence-corrected chi connectivity index (χ3v) is 5.55. The van der Waals surface area contributed by atoms with Gasteiger partial charge in [0.05, 0.1) is 38.4 Å². The van der Waals surface area contributed by atoms with Crippen molar-refractivity contribution in [2.75, 3.05) is 16.8 Å². The fourth-order valence-electron chi connectivity index (χ4n) is 2.79. The molecule has 3 aromatic rings. The minimum Gasteiger partial charge on any atom is -0.539 e. The summed E-state index contributed by atoms with van der Waals surface area (Å²) in [7, 11) is 1.38. The van der Waals surface area contributed by atoms with E-state index in [1.165, 1.54) is 25.2 Å². The Bertz CT molecular complexity index is 1360. The van der Waals surface area contributed by atoms with Crippen molar-refractivity contribution in [1.29, 1.82) is 10.5 Å². The van der Waals surface area contributed by atoms with E-state index in [0.717, 1.165) is 16.4 Å². The van der Waals surface area contributed by atoms with E-state index in [9.17, 15) is 25.2 Å². The van der Waals surface area contributed by atoms with Gasteiger partial charge in [-0.15, -0.1) is 0 Å². The minimum absolute atomic E-state index is 0.00914. The number of hydrogen-bond acceptors (Lipinski definition) is 10. The normalized spacial score (nSPS) is 10.3. The van der Waals surface area contributed by atoms with Gasteiger partial charge in [-0.1, -0.05) is 28.0 Å². The van der Waals surface area contributed by atoms with E-state index in [2.05, 4.69) is 20.1 Å². The Morgan fingerprint density at radius 2 is 2.06 bits per heavy atom. The van der Waals surface area contributed by atoms with Crippen molar-refractivity contribution in [3.63, 3.8) is 0 Å². The molecule has 14 heteroatoms. The number of carbonyl (C=O) groups is 2. The Morgan fingerprint density at radius 3 is 2.64 bits per heavy atom. The molecule has 2 aromatic heterocycles. The molecular weight excluding hydrogens is 474 g/mol. The van der Waals surface area contributed by atoms with Crippen LogP contribution in [0.15, 0.2) is 27.7 Å². The number of thioether (sulfide) groups is 1. The number of carboxylic acid groups (broad SMARTS) is 1. The van der Waals surface area contributed by atoms with Gasteiger partial charge in [0, 0.05) is 0 Å². The quantitative estimate of drug-likeness (QED) is 0.332. The second-order valence-electron chi connectivity index (χ2n) is 6.32. The summed E-state index contributed by atoms with van der Waals surface area (Å²) in [5, 5.41) is 46.5. The lowest BCUT2D eigenvalue weighted by molar-refractivity contribution is -0.730. The van der Waals surface area contributed by atoms with Crippen LogP contribution in [0.5, 0.6) is 5.95 Å². The predicted molar refractivity (Wildman–Crippen MR) is 112 cm³/mol. The zero-order chi connectivity index (χ0) is 24.3. The molecule has 0 saturated heterocycles. The Morgan fingerprint density at radius 1 is 1.36 bits per heavy atom. The molecule has 0 atom stereocenters. The van der Waals surface area contributed by atoms with Crippen LogP contribution >= 0.6 is 23.4 Å². The number of nitrogen functional groups attached to an aromatic ring is 1. The molecule has 4 N–H and O–H groups in total. The Hall–Kier alpha value is -4.33. The number of halogens is 1. The lowest BCUT2D eigenvalue weighted by Crippen LogP contribution is -2.32. The number of pyridine rings is 1. The number of aryl methyl sites for hydroxylation is 1. The van der Waals surface area contributed by atoms with Crippen molar-refractivity contribution >= 4 is 46.7 Å². The topological polar surface area (TPSA) is 206 Å². The molecule has 0 unspecified atom stereocenters. The number of hydrogen-bond donors (Lipinski definition) is 3. The minimum atomic E-state index is -1.19. The average molecular weight is 486 g/mol. The van der Waals surface area contributed by atoms with E-state index in [1.807, 2.05) is 12.1 Å². The van der Waals surface area contributed by atoms with Crippen LogP contribution in [0, 0.1) is 22.7 Å². The molecule has 1 amide bonds. The van der Waals surface area contributed by atoms with Crippen LogP contribution in [0.25, 0.3) is 11.3 Å². The lowest BCUT2D eigenvalue weighted by atomic mass is 10.0. The van der Waals surface area contributed by atoms with Gasteiger partial charge in [-0.2, -0.15) is 10.5 Å². The second-order valence-corrected chi connectivity index (χ2v) is 7.69. The number of nitrogens with two attached hydrogens (primary N) is 1. The predicted octanol–water partition coefficient (Wildman–Crippen LogP) is 1.04. The zero-order valence-corrected chi connectivity index (χ0v) is 18.2. The molecular formula is C19H12ClN7O5S. The van der Waals surface area contributed by atoms with Gasteiger partial charge in [0.25, 0.3) is 5.69 Å². The first-order chi connectivity index (χ1) is 15.7. The number of nitriles is 2. The maximum atomic E-state index is 12.4. The fourth-order valence-corrected chi connectivity index (χ4v) is 3.75. The van der Waals surface area contributed by atoms with E-state index in [4.69, 9.17) is 22.4 Å². The number of aromatic nitrogens is 3. The molecule has 0 bridgehead atoms. The van der Waals surface area contributed by atoms with Gasteiger partial charge < -0.3 is 25.8 Å². The van der Waals surface area contributed by atoms with E-state index >= 15 is 0 Å². The molecule has 0 aliphatic rings. The van der Waals surface area contributed by atoms with Crippen LogP contribution in [0.4, 0.5) is 11.5 Å². The molecule has 3 rings (SSSR count). The summed E-state index contributed by atoms with van der Waals surface area (Å²) >= 11 is 6.82. The fraction of sp³-hybridized carbons (Fsp3) is 0.105. The molecule has 1 aromatic carbocycles. The number of aromatic carboxylic acids is 1. The Balaban J connectivity index is 1.93. The largest absolute Gasteiger partial charge is 0.539 e. The average Bonchev–Trinajstić information content (AvgIpc) is 3.10. The van der Waals surface area contributed by atoms with E-state index < -0.39 is 17.8 Å². The highest BCUT2D eigenvalue weighted by molar-refractivity contribution is 8.00. The van der Waals surface area contributed by atoms with Crippen molar-refractivity contribution in [2.45, 2.75) is 5.03 Å². The Kier molecular flexibility index (Phi) is 6.67. The Labute approximate surface area is 194 Å². The number of amides is 1. The molecule has 0 aliphatic heterocycles. The highest BCUT2D eigenvalue weighted by Crippen LogP contribution is 2.36. The van der Waals surface area contributed by atoms with Gasteiger partial charge in [-0.05, 0) is 18.2 Å². The molecule has 0 radical (unpaired) electrons. The van der Waals surface area contributed by atoms with Gasteiger partial charge in [0.15, 0.2) is 13.0 Å². The number of carboxylic acids is 1. The van der Waals surface area contributed by atoms with Crippen LogP contribution in [0.1, 0.15) is 21.5 Å². The highest BCUT2D eigenvalue weighted by atomic mass is 35.5. The SMILES string of the molecule is C[n+]1noc([O-])c1-c1c(C#N)c(N)nc(SCC(=O)Nc2cc(C(=O)O)ccc2Cl)c1C#N. The highest BCUT2D eigenvalue weighted by Gasteiger charge is 2.29. The summed E-state index contributed by atoms with van der Waals surface area (Å²) in [6, 6.07) is 7.51. The maximum absolute atomic E-state index is 12.4. The van der Waals surface area contributed by atoms with Gasteiger partial charge in [-0.25, -0.2) is 9.78 Å². The molecule has 2 heterocycles. The van der Waals surface area contributed by atoms with Crippen molar-refractivity contribution in [3.05, 3.63) is 39.9 Å². The zero-order valence-electron chi connectivity index (χ0n) is 16.6. The number of nitrogens with zero attached hydrogens (tertiary/aromatic N) is 5. The van der Waals surface area contributed by atoms with E-state index in [-0.39, 0.29) is 55.3 Å². The molecule has 33 heavy (non-hydrogen) atoms. The number of carbonyl (C=O) groups excluding carboxylic acids is 1. The first-order valence-corrected chi connectivity index (χ1v) is 10.2. The maximum Gasteiger partial charge on any atom is 0.335 e. The standard InChI is InChI=1S/C19H12ClN7O5S/c1-27-15(19(31)32-26-27)14-9(5-21)16(23)25-17(10(14)6-22)33-7-13(28)24-12-4-8(18(29)30)2-3-11(12)20/h2-4H,7H2,1H3,(H4-,23,24,25,26,28,29,30,31). The van der Waals surface area contributed by atoms with Gasteiger partial charge in [0.1, 0.15) is 28.5 Å². The molecule has 0 aliphatic carbocycles. The first-order valence-electron chi connectivity index (χ1n) is 8.80. The third kappa shape index (κ3) is 4.64. The van der Waals surface area contributed by atoms with E-state index in [1.54, 1.807) is 0 Å². The summed E-state index contributed by atoms with van der Waals surface area (Å²) < 4.78 is 5.64. The molecule has 166 valence electrons. The van der Waals surface area contributed by atoms with Crippen molar-refractivity contribution < 1.29 is 29.0 Å². The third-order valence-electron chi connectivity index (χ3n) is 4.24. The number of nitrogens with one attached hydrogen (secondary N) is 1. The van der Waals surface area contributed by atoms with Crippen LogP contribution in [-0.2, 0) is 11.8 Å². The van der Waals surface area contributed by atoms with Crippen LogP contribution < -0.4 is 20.8 Å². The molecule has 0 spiro atoms. The number of anilines is 2. The molecule has 0 fully saturated rings. The second kappa shape index (κ2) is 9.44. The summed E-state index contributed by atoms with van der Waals surface area (Å²) in [4.78, 5) is 27.6. The van der Waals surface area contributed by atoms with Crippen LogP contribution in [-0.4, -0.2) is 33.0 Å². The van der Waals surface area contributed by atoms with Crippen LogP contribution in [0.2, 0.25) is 5.02 Å². The number of rotatable bonds is 6. The van der Waals surface area contributed by atoms with Gasteiger partial charge in [-0.3, -0.25) is 4.79 Å². The summed E-state index contributed by atoms with van der Waals surface area (Å²) in [6.45, 7) is 0. The first kappa shape index (κ1) is 23.3. The lowest BCUT2D eigenvalue weighted by Gasteiger charge is -2.11. The van der Waals surface area contributed by atoms with Crippen molar-refractivity contribution in [3.8, 4) is 29.3 Å². The summed E-state index contributed by atoms with van der Waals surface area (Å²) in [5.74, 6) is -3.20. The van der Waals surface area contributed by atoms with Gasteiger partial charge in [0.2, 0.25) is 5.91 Å². The summed E-state index contributed by atoms with van der Waals surface area (Å²) in [6.07, 6.45) is 0.